The molecule has 0 amide bonds. The standard InChI is InChI=1S/C15H35NO3Si/c1-5-8-9-10-11-12-13-14-15-19-20(16-4,17-6-2)18-7-3/h16H,5-15H2,1-4H3. The molecule has 122 valence electrons. The van der Waals surface area contributed by atoms with E-state index in [0.717, 1.165) is 13.0 Å². The zero-order valence-electron chi connectivity index (χ0n) is 14.0. The highest BCUT2D eigenvalue weighted by molar-refractivity contribution is 6.57. The molecule has 0 rings (SSSR count). The van der Waals surface area contributed by atoms with Gasteiger partial charge >= 0.3 is 8.97 Å². The zero-order valence-corrected chi connectivity index (χ0v) is 15.0. The maximum Gasteiger partial charge on any atom is 0.596 e. The third kappa shape index (κ3) is 9.88. The van der Waals surface area contributed by atoms with Gasteiger partial charge in [0.15, 0.2) is 0 Å². The molecule has 20 heavy (non-hydrogen) atoms. The first-order valence-electron chi connectivity index (χ1n) is 8.35. The Labute approximate surface area is 127 Å². The first-order chi connectivity index (χ1) is 9.74. The number of unbranched alkanes of at least 4 members (excludes halogenated alkanes) is 7. The minimum absolute atomic E-state index is 0.616. The quantitative estimate of drug-likeness (QED) is 0.368. The molecular formula is C15H35NO3Si. The van der Waals surface area contributed by atoms with Crippen molar-refractivity contribution < 1.29 is 13.3 Å². The van der Waals surface area contributed by atoms with E-state index in [2.05, 4.69) is 11.9 Å². The summed E-state index contributed by atoms with van der Waals surface area (Å²) in [5, 5.41) is 0. The Morgan fingerprint density at radius 1 is 0.700 bits per heavy atom. The van der Waals surface area contributed by atoms with Crippen LogP contribution < -0.4 is 4.98 Å². The van der Waals surface area contributed by atoms with E-state index >= 15 is 0 Å². The van der Waals surface area contributed by atoms with E-state index in [1.165, 1.54) is 44.9 Å². The van der Waals surface area contributed by atoms with E-state index in [-0.39, 0.29) is 0 Å². The topological polar surface area (TPSA) is 39.7 Å². The second-order valence-corrected chi connectivity index (χ2v) is 7.47. The lowest BCUT2D eigenvalue weighted by Crippen LogP contribution is -2.57. The smallest absolute Gasteiger partial charge is 0.361 e. The van der Waals surface area contributed by atoms with Crippen molar-refractivity contribution in [3.8, 4) is 0 Å². The molecule has 0 heterocycles. The fraction of sp³-hybridized carbons (Fsp3) is 1.00. The van der Waals surface area contributed by atoms with Crippen LogP contribution in [0.2, 0.25) is 0 Å². The van der Waals surface area contributed by atoms with Crippen LogP contribution in [0.15, 0.2) is 0 Å². The lowest BCUT2D eigenvalue weighted by Gasteiger charge is -2.27. The van der Waals surface area contributed by atoms with Crippen LogP contribution >= 0.6 is 0 Å². The van der Waals surface area contributed by atoms with Gasteiger partial charge in [-0.05, 0) is 27.3 Å². The number of hydrogen-bond donors (Lipinski definition) is 1. The van der Waals surface area contributed by atoms with E-state index in [0.29, 0.717) is 13.2 Å². The lowest BCUT2D eigenvalue weighted by atomic mass is 10.1. The van der Waals surface area contributed by atoms with Gasteiger partial charge < -0.3 is 13.3 Å². The molecule has 4 nitrogen and oxygen atoms in total. The largest absolute Gasteiger partial charge is 0.596 e. The molecule has 0 atom stereocenters. The molecular weight excluding hydrogens is 270 g/mol. The van der Waals surface area contributed by atoms with E-state index in [1.54, 1.807) is 0 Å². The Hall–Kier alpha value is 0.0569. The van der Waals surface area contributed by atoms with Gasteiger partial charge in [0.2, 0.25) is 0 Å². The number of nitrogens with one attached hydrogen (secondary N) is 1. The summed E-state index contributed by atoms with van der Waals surface area (Å²) in [5.74, 6) is 0. The molecule has 0 aliphatic heterocycles. The van der Waals surface area contributed by atoms with Crippen molar-refractivity contribution in [2.75, 3.05) is 26.9 Å². The van der Waals surface area contributed by atoms with E-state index in [9.17, 15) is 0 Å². The van der Waals surface area contributed by atoms with Crippen molar-refractivity contribution in [2.45, 2.75) is 72.1 Å². The van der Waals surface area contributed by atoms with E-state index in [4.69, 9.17) is 13.3 Å². The Morgan fingerprint density at radius 2 is 1.20 bits per heavy atom. The van der Waals surface area contributed by atoms with Crippen LogP contribution in [0.4, 0.5) is 0 Å². The van der Waals surface area contributed by atoms with Crippen molar-refractivity contribution in [2.24, 2.45) is 0 Å². The molecule has 1 N–H and O–H groups in total. The first-order valence-corrected chi connectivity index (χ1v) is 10.1. The van der Waals surface area contributed by atoms with Crippen LogP contribution in [-0.4, -0.2) is 35.8 Å². The van der Waals surface area contributed by atoms with Crippen LogP contribution in [0, 0.1) is 0 Å². The monoisotopic (exact) mass is 305 g/mol. The van der Waals surface area contributed by atoms with Crippen LogP contribution in [0.5, 0.6) is 0 Å². The van der Waals surface area contributed by atoms with Crippen molar-refractivity contribution in [1.82, 2.24) is 4.98 Å². The minimum atomic E-state index is -2.61. The van der Waals surface area contributed by atoms with Gasteiger partial charge in [-0.25, -0.2) is 0 Å². The van der Waals surface area contributed by atoms with Gasteiger partial charge in [0.25, 0.3) is 0 Å². The van der Waals surface area contributed by atoms with Crippen LogP contribution in [0.1, 0.15) is 72.1 Å². The molecule has 5 heteroatoms. The van der Waals surface area contributed by atoms with Gasteiger partial charge in [0.05, 0.1) is 0 Å². The normalized spacial score (nSPS) is 12.0. The molecule has 0 radical (unpaired) electrons. The fourth-order valence-electron chi connectivity index (χ4n) is 2.16. The Morgan fingerprint density at radius 3 is 1.65 bits per heavy atom. The second kappa shape index (κ2) is 14.0. The molecule has 0 saturated carbocycles. The maximum absolute atomic E-state index is 5.89. The predicted molar refractivity (Wildman–Crippen MR) is 86.6 cm³/mol. The molecule has 0 fully saturated rings. The van der Waals surface area contributed by atoms with Gasteiger partial charge in [-0.3, -0.25) is 4.98 Å². The van der Waals surface area contributed by atoms with Gasteiger partial charge in [-0.15, -0.1) is 0 Å². The summed E-state index contributed by atoms with van der Waals surface area (Å²) in [4.78, 5) is 3.11. The molecule has 0 aliphatic rings. The average Bonchev–Trinajstić information content (AvgIpc) is 2.46. The van der Waals surface area contributed by atoms with Gasteiger partial charge in [0.1, 0.15) is 0 Å². The van der Waals surface area contributed by atoms with Gasteiger partial charge in [0, 0.05) is 19.8 Å². The summed E-state index contributed by atoms with van der Waals surface area (Å²) >= 11 is 0. The fourth-order valence-corrected chi connectivity index (χ4v) is 4.02. The van der Waals surface area contributed by atoms with Crippen molar-refractivity contribution in [1.29, 1.82) is 0 Å². The van der Waals surface area contributed by atoms with Crippen LogP contribution in [0.25, 0.3) is 0 Å². The molecule has 0 bridgehead atoms. The third-order valence-electron chi connectivity index (χ3n) is 3.26. The zero-order chi connectivity index (χ0) is 15.1. The summed E-state index contributed by atoms with van der Waals surface area (Å²) < 4.78 is 17.2. The molecule has 0 aromatic carbocycles. The van der Waals surface area contributed by atoms with Crippen molar-refractivity contribution in [3.63, 3.8) is 0 Å². The molecule has 0 aliphatic carbocycles. The molecule has 0 spiro atoms. The predicted octanol–water partition coefficient (Wildman–Crippen LogP) is 3.87. The maximum atomic E-state index is 5.89. The summed E-state index contributed by atoms with van der Waals surface area (Å²) in [5.41, 5.74) is 0. The molecule has 0 aromatic rings. The van der Waals surface area contributed by atoms with Gasteiger partial charge in [-0.2, -0.15) is 0 Å². The van der Waals surface area contributed by atoms with Crippen LogP contribution in [-0.2, 0) is 13.3 Å². The summed E-state index contributed by atoms with van der Waals surface area (Å²) in [7, 11) is -0.753. The Kier molecular flexibility index (Phi) is 14.1. The van der Waals surface area contributed by atoms with Crippen molar-refractivity contribution >= 4 is 8.97 Å². The highest BCUT2D eigenvalue weighted by atomic mass is 28.4. The lowest BCUT2D eigenvalue weighted by molar-refractivity contribution is 0.0569. The molecule has 0 aromatic heterocycles. The SMILES string of the molecule is CCCCCCCCCCO[Si](NC)(OCC)OCC. The Balaban J connectivity index is 3.62. The van der Waals surface area contributed by atoms with E-state index < -0.39 is 8.97 Å². The molecule has 0 saturated heterocycles. The molecule has 0 unspecified atom stereocenters. The second-order valence-electron chi connectivity index (χ2n) is 5.00. The highest BCUT2D eigenvalue weighted by Crippen LogP contribution is 2.10. The first kappa shape index (κ1) is 20.1. The minimum Gasteiger partial charge on any atom is -0.361 e. The van der Waals surface area contributed by atoms with Gasteiger partial charge in [-0.1, -0.05) is 51.9 Å². The third-order valence-corrected chi connectivity index (χ3v) is 5.80. The van der Waals surface area contributed by atoms with Crippen molar-refractivity contribution in [3.05, 3.63) is 0 Å². The summed E-state index contributed by atoms with van der Waals surface area (Å²) in [6, 6.07) is 0. The summed E-state index contributed by atoms with van der Waals surface area (Å²) in [6.07, 6.45) is 10.4. The van der Waals surface area contributed by atoms with E-state index in [1.807, 2.05) is 20.9 Å². The number of hydrogen-bond acceptors (Lipinski definition) is 4. The number of rotatable bonds is 15. The summed E-state index contributed by atoms with van der Waals surface area (Å²) in [6.45, 7) is 8.15. The van der Waals surface area contributed by atoms with Crippen LogP contribution in [0.3, 0.4) is 0 Å². The average molecular weight is 306 g/mol. The highest BCUT2D eigenvalue weighted by Gasteiger charge is 2.40. The Bertz CT molecular complexity index is 200.